The van der Waals surface area contributed by atoms with Crippen LogP contribution in [0, 0.1) is 5.41 Å². The Balaban J connectivity index is 1.78. The van der Waals surface area contributed by atoms with Crippen molar-refractivity contribution in [3.05, 3.63) is 0 Å². The van der Waals surface area contributed by atoms with E-state index in [0.29, 0.717) is 11.5 Å². The van der Waals surface area contributed by atoms with Gasteiger partial charge in [0.1, 0.15) is 0 Å². The first-order valence-electron chi connectivity index (χ1n) is 7.24. The van der Waals surface area contributed by atoms with Gasteiger partial charge in [-0.05, 0) is 51.2 Å². The average molecular weight is 240 g/mol. The highest BCUT2D eigenvalue weighted by molar-refractivity contribution is 4.85. The number of nitrogens with two attached hydrogens (primary N) is 1. The number of hydrogen-bond acceptors (Lipinski definition) is 3. The minimum Gasteiger partial charge on any atom is -0.380 e. The Kier molecular flexibility index (Phi) is 4.83. The molecule has 1 heterocycles. The standard InChI is InChI=1S/C14H28N2O/c1-16(13-5-10-17-11-13)9-8-14(12-15)6-3-2-4-7-14/h13H,2-12,15H2,1H3. The fourth-order valence-corrected chi connectivity index (χ4v) is 3.32. The molecule has 2 N–H and O–H groups in total. The van der Waals surface area contributed by atoms with Gasteiger partial charge >= 0.3 is 0 Å². The van der Waals surface area contributed by atoms with Crippen molar-refractivity contribution in [2.45, 2.75) is 51.0 Å². The number of likely N-dealkylation sites (N-methyl/N-ethyl adjacent to an activating group) is 1. The molecule has 2 rings (SSSR count). The highest BCUT2D eigenvalue weighted by Crippen LogP contribution is 2.38. The lowest BCUT2D eigenvalue weighted by Gasteiger charge is -2.38. The maximum absolute atomic E-state index is 6.03. The van der Waals surface area contributed by atoms with Crippen molar-refractivity contribution in [1.82, 2.24) is 4.90 Å². The summed E-state index contributed by atoms with van der Waals surface area (Å²) in [6.45, 7) is 3.93. The van der Waals surface area contributed by atoms with Crippen molar-refractivity contribution in [3.8, 4) is 0 Å². The van der Waals surface area contributed by atoms with E-state index in [-0.39, 0.29) is 0 Å². The number of ether oxygens (including phenoxy) is 1. The lowest BCUT2D eigenvalue weighted by molar-refractivity contribution is 0.125. The molecule has 1 aliphatic carbocycles. The molecule has 0 radical (unpaired) electrons. The van der Waals surface area contributed by atoms with Crippen LogP contribution in [0.3, 0.4) is 0 Å². The summed E-state index contributed by atoms with van der Waals surface area (Å²) >= 11 is 0. The van der Waals surface area contributed by atoms with Crippen LogP contribution in [-0.4, -0.2) is 44.3 Å². The molecule has 0 amide bonds. The van der Waals surface area contributed by atoms with E-state index >= 15 is 0 Å². The topological polar surface area (TPSA) is 38.5 Å². The van der Waals surface area contributed by atoms with Crippen LogP contribution in [0.4, 0.5) is 0 Å². The van der Waals surface area contributed by atoms with Crippen LogP contribution in [0.1, 0.15) is 44.9 Å². The quantitative estimate of drug-likeness (QED) is 0.799. The minimum absolute atomic E-state index is 0.450. The molecule has 0 spiro atoms. The van der Waals surface area contributed by atoms with Gasteiger partial charge in [-0.2, -0.15) is 0 Å². The van der Waals surface area contributed by atoms with E-state index in [1.165, 1.54) is 51.5 Å². The Hall–Kier alpha value is -0.120. The summed E-state index contributed by atoms with van der Waals surface area (Å²) in [5.74, 6) is 0. The number of hydrogen-bond donors (Lipinski definition) is 1. The van der Waals surface area contributed by atoms with Crippen LogP contribution in [0.15, 0.2) is 0 Å². The maximum atomic E-state index is 6.03. The van der Waals surface area contributed by atoms with Gasteiger partial charge in [0, 0.05) is 12.6 Å². The van der Waals surface area contributed by atoms with Gasteiger partial charge < -0.3 is 15.4 Å². The van der Waals surface area contributed by atoms with Crippen LogP contribution in [0.5, 0.6) is 0 Å². The van der Waals surface area contributed by atoms with E-state index in [9.17, 15) is 0 Å². The van der Waals surface area contributed by atoms with E-state index < -0.39 is 0 Å². The van der Waals surface area contributed by atoms with Crippen molar-refractivity contribution in [3.63, 3.8) is 0 Å². The molecule has 0 bridgehead atoms. The third-order valence-corrected chi connectivity index (χ3v) is 4.87. The first kappa shape index (κ1) is 13.3. The normalized spacial score (nSPS) is 28.8. The van der Waals surface area contributed by atoms with E-state index in [1.54, 1.807) is 0 Å². The second-order valence-corrected chi connectivity index (χ2v) is 6.01. The number of rotatable bonds is 5. The summed E-state index contributed by atoms with van der Waals surface area (Å²) in [6.07, 6.45) is 9.34. The minimum atomic E-state index is 0.450. The first-order valence-corrected chi connectivity index (χ1v) is 7.24. The van der Waals surface area contributed by atoms with E-state index in [0.717, 1.165) is 19.8 Å². The third-order valence-electron chi connectivity index (χ3n) is 4.87. The molecule has 1 aliphatic heterocycles. The fraction of sp³-hybridized carbons (Fsp3) is 1.00. The summed E-state index contributed by atoms with van der Waals surface area (Å²) in [5, 5.41) is 0. The predicted molar refractivity (Wildman–Crippen MR) is 71.0 cm³/mol. The molecule has 0 aromatic carbocycles. The smallest absolute Gasteiger partial charge is 0.0622 e. The molecule has 3 nitrogen and oxygen atoms in total. The molecule has 1 saturated carbocycles. The van der Waals surface area contributed by atoms with Crippen molar-refractivity contribution in [1.29, 1.82) is 0 Å². The van der Waals surface area contributed by atoms with Gasteiger partial charge in [0.25, 0.3) is 0 Å². The van der Waals surface area contributed by atoms with Gasteiger partial charge in [0.05, 0.1) is 6.61 Å². The average Bonchev–Trinajstić information content (AvgIpc) is 2.91. The zero-order chi connectivity index (χ0) is 12.1. The molecule has 0 aromatic heterocycles. The largest absolute Gasteiger partial charge is 0.380 e. The molecular weight excluding hydrogens is 212 g/mol. The Bertz CT molecular complexity index is 220. The van der Waals surface area contributed by atoms with E-state index in [2.05, 4.69) is 11.9 Å². The summed E-state index contributed by atoms with van der Waals surface area (Å²) in [7, 11) is 2.24. The SMILES string of the molecule is CN(CCC1(CN)CCCCC1)C1CCOC1. The number of nitrogens with zero attached hydrogens (tertiary/aromatic N) is 1. The zero-order valence-electron chi connectivity index (χ0n) is 11.3. The third kappa shape index (κ3) is 3.43. The van der Waals surface area contributed by atoms with Crippen molar-refractivity contribution in [2.75, 3.05) is 33.4 Å². The van der Waals surface area contributed by atoms with Crippen LogP contribution in [-0.2, 0) is 4.74 Å². The molecule has 2 aliphatic rings. The fourth-order valence-electron chi connectivity index (χ4n) is 3.32. The Morgan fingerprint density at radius 3 is 2.65 bits per heavy atom. The van der Waals surface area contributed by atoms with E-state index in [1.807, 2.05) is 0 Å². The van der Waals surface area contributed by atoms with Gasteiger partial charge in [0.2, 0.25) is 0 Å². The van der Waals surface area contributed by atoms with Gasteiger partial charge in [0.15, 0.2) is 0 Å². The van der Waals surface area contributed by atoms with Gasteiger partial charge in [-0.25, -0.2) is 0 Å². The molecule has 1 saturated heterocycles. The Labute approximate surface area is 106 Å². The Morgan fingerprint density at radius 1 is 1.29 bits per heavy atom. The van der Waals surface area contributed by atoms with Crippen LogP contribution in [0.25, 0.3) is 0 Å². The molecule has 2 fully saturated rings. The summed E-state index contributed by atoms with van der Waals surface area (Å²) < 4.78 is 5.46. The predicted octanol–water partition coefficient (Wildman–Crippen LogP) is 2.01. The lowest BCUT2D eigenvalue weighted by Crippen LogP contribution is -2.39. The second-order valence-electron chi connectivity index (χ2n) is 6.01. The van der Waals surface area contributed by atoms with Crippen molar-refractivity contribution >= 4 is 0 Å². The highest BCUT2D eigenvalue weighted by atomic mass is 16.5. The summed E-state index contributed by atoms with van der Waals surface area (Å²) in [4.78, 5) is 2.49. The highest BCUT2D eigenvalue weighted by Gasteiger charge is 2.31. The van der Waals surface area contributed by atoms with E-state index in [4.69, 9.17) is 10.5 Å². The molecule has 1 unspecified atom stereocenters. The monoisotopic (exact) mass is 240 g/mol. The van der Waals surface area contributed by atoms with Crippen LogP contribution >= 0.6 is 0 Å². The maximum Gasteiger partial charge on any atom is 0.0622 e. The molecule has 0 aromatic rings. The Morgan fingerprint density at radius 2 is 2.06 bits per heavy atom. The van der Waals surface area contributed by atoms with Crippen molar-refractivity contribution in [2.24, 2.45) is 11.1 Å². The zero-order valence-corrected chi connectivity index (χ0v) is 11.3. The first-order chi connectivity index (χ1) is 8.26. The van der Waals surface area contributed by atoms with Gasteiger partial charge in [-0.3, -0.25) is 0 Å². The lowest BCUT2D eigenvalue weighted by atomic mass is 9.72. The van der Waals surface area contributed by atoms with Gasteiger partial charge in [-0.1, -0.05) is 19.3 Å². The van der Waals surface area contributed by atoms with Crippen LogP contribution < -0.4 is 5.73 Å². The molecule has 17 heavy (non-hydrogen) atoms. The summed E-state index contributed by atoms with van der Waals surface area (Å²) in [6, 6.07) is 0.647. The molecule has 3 heteroatoms. The molecule has 100 valence electrons. The van der Waals surface area contributed by atoms with Crippen LogP contribution in [0.2, 0.25) is 0 Å². The van der Waals surface area contributed by atoms with Gasteiger partial charge in [-0.15, -0.1) is 0 Å². The van der Waals surface area contributed by atoms with Crippen molar-refractivity contribution < 1.29 is 4.74 Å². The molecule has 1 atom stereocenters. The summed E-state index contributed by atoms with van der Waals surface area (Å²) in [5.41, 5.74) is 6.49. The second kappa shape index (κ2) is 6.17. The molecular formula is C14H28N2O.